The monoisotopic (exact) mass is 415 g/mol. The molecule has 2 aromatic carbocycles. The Bertz CT molecular complexity index is 1220. The molecule has 7 nitrogen and oxygen atoms in total. The molecule has 0 amide bonds. The Morgan fingerprint density at radius 1 is 1.11 bits per heavy atom. The molecule has 2 aromatic heterocycles. The number of fused-ring (bicyclic) bond motifs is 1. The van der Waals surface area contributed by atoms with Crippen LogP contribution in [-0.2, 0) is 7.05 Å². The standard InChI is InChI=1S/C19H15Cl2N5O2/c1-10(11-3-5-13(20)14(21)7-11)23-18-22-9-15(24-25-18)12-4-6-17-16(8-12)26(2)19(27)28-17/h3-10H,1-2H3,(H,22,23,25). The van der Waals surface area contributed by atoms with Crippen molar-refractivity contribution >= 4 is 40.2 Å². The van der Waals surface area contributed by atoms with Gasteiger partial charge in [0.2, 0.25) is 5.95 Å². The summed E-state index contributed by atoms with van der Waals surface area (Å²) in [6.07, 6.45) is 1.62. The van der Waals surface area contributed by atoms with Gasteiger partial charge in [0.1, 0.15) is 5.69 Å². The first-order valence-electron chi connectivity index (χ1n) is 8.43. The van der Waals surface area contributed by atoms with Crippen molar-refractivity contribution in [2.45, 2.75) is 13.0 Å². The Balaban J connectivity index is 1.56. The molecule has 0 aliphatic carbocycles. The van der Waals surface area contributed by atoms with Crippen LogP contribution in [0.1, 0.15) is 18.5 Å². The Morgan fingerprint density at radius 2 is 1.93 bits per heavy atom. The largest absolute Gasteiger partial charge is 0.419 e. The van der Waals surface area contributed by atoms with Crippen LogP contribution >= 0.6 is 23.2 Å². The third-order valence-electron chi connectivity index (χ3n) is 4.44. The number of oxazole rings is 1. The van der Waals surface area contributed by atoms with Gasteiger partial charge in [-0.3, -0.25) is 4.57 Å². The highest BCUT2D eigenvalue weighted by atomic mass is 35.5. The van der Waals surface area contributed by atoms with Crippen molar-refractivity contribution in [1.29, 1.82) is 0 Å². The van der Waals surface area contributed by atoms with E-state index in [-0.39, 0.29) is 6.04 Å². The van der Waals surface area contributed by atoms with Crippen LogP contribution in [0.3, 0.4) is 0 Å². The maximum Gasteiger partial charge on any atom is 0.419 e. The zero-order valence-electron chi connectivity index (χ0n) is 15.0. The summed E-state index contributed by atoms with van der Waals surface area (Å²) in [6, 6.07) is 10.7. The normalized spacial score (nSPS) is 12.3. The van der Waals surface area contributed by atoms with Gasteiger partial charge in [-0.05, 0) is 42.8 Å². The minimum Gasteiger partial charge on any atom is -0.408 e. The molecule has 0 aliphatic rings. The van der Waals surface area contributed by atoms with E-state index < -0.39 is 5.76 Å². The second kappa shape index (κ2) is 7.26. The van der Waals surface area contributed by atoms with Gasteiger partial charge in [-0.2, -0.15) is 0 Å². The Hall–Kier alpha value is -2.90. The maximum atomic E-state index is 11.6. The lowest BCUT2D eigenvalue weighted by Gasteiger charge is -2.14. The summed E-state index contributed by atoms with van der Waals surface area (Å²) in [5.74, 6) is -0.0219. The van der Waals surface area contributed by atoms with E-state index in [1.165, 1.54) is 4.57 Å². The zero-order chi connectivity index (χ0) is 19.8. The first-order valence-corrected chi connectivity index (χ1v) is 9.19. The molecule has 1 unspecified atom stereocenters. The number of benzene rings is 2. The Kier molecular flexibility index (Phi) is 4.78. The van der Waals surface area contributed by atoms with Gasteiger partial charge in [-0.25, -0.2) is 9.78 Å². The second-order valence-corrected chi connectivity index (χ2v) is 7.13. The number of nitrogens with zero attached hydrogens (tertiary/aromatic N) is 4. The first kappa shape index (κ1) is 18.5. The molecule has 0 saturated carbocycles. The predicted molar refractivity (Wildman–Crippen MR) is 109 cm³/mol. The molecule has 1 atom stereocenters. The smallest absolute Gasteiger partial charge is 0.408 e. The van der Waals surface area contributed by atoms with Gasteiger partial charge in [0.05, 0.1) is 27.8 Å². The van der Waals surface area contributed by atoms with Gasteiger partial charge >= 0.3 is 5.76 Å². The van der Waals surface area contributed by atoms with Gasteiger partial charge in [0.25, 0.3) is 0 Å². The molecule has 4 rings (SSSR count). The molecule has 0 spiro atoms. The molecule has 2 heterocycles. The fraction of sp³-hybridized carbons (Fsp3) is 0.158. The first-order chi connectivity index (χ1) is 13.4. The van der Waals surface area contributed by atoms with Crippen molar-refractivity contribution in [3.05, 3.63) is 68.8 Å². The summed E-state index contributed by atoms with van der Waals surface area (Å²) in [5, 5.41) is 12.6. The summed E-state index contributed by atoms with van der Waals surface area (Å²) in [4.78, 5) is 16.0. The van der Waals surface area contributed by atoms with Crippen LogP contribution in [0.25, 0.3) is 22.4 Å². The van der Waals surface area contributed by atoms with E-state index in [2.05, 4.69) is 20.5 Å². The average Bonchev–Trinajstić information content (AvgIpc) is 2.98. The van der Waals surface area contributed by atoms with Crippen LogP contribution in [0, 0.1) is 0 Å². The zero-order valence-corrected chi connectivity index (χ0v) is 16.5. The predicted octanol–water partition coefficient (Wildman–Crippen LogP) is 4.46. The summed E-state index contributed by atoms with van der Waals surface area (Å²) >= 11 is 12.0. The molecule has 9 heteroatoms. The summed E-state index contributed by atoms with van der Waals surface area (Å²) in [5.41, 5.74) is 3.52. The van der Waals surface area contributed by atoms with Crippen molar-refractivity contribution in [3.63, 3.8) is 0 Å². The van der Waals surface area contributed by atoms with Gasteiger partial charge in [0, 0.05) is 12.6 Å². The fourth-order valence-electron chi connectivity index (χ4n) is 2.82. The number of aromatic nitrogens is 4. The van der Waals surface area contributed by atoms with Crippen LogP contribution < -0.4 is 11.1 Å². The molecular formula is C19H15Cl2N5O2. The van der Waals surface area contributed by atoms with Gasteiger partial charge in [0.15, 0.2) is 5.58 Å². The average molecular weight is 416 g/mol. The van der Waals surface area contributed by atoms with E-state index in [4.69, 9.17) is 27.6 Å². The SMILES string of the molecule is CC(Nc1ncc(-c2ccc3oc(=O)n(C)c3c2)nn1)c1ccc(Cl)c(Cl)c1. The number of anilines is 1. The van der Waals surface area contributed by atoms with E-state index in [0.717, 1.165) is 11.1 Å². The molecule has 28 heavy (non-hydrogen) atoms. The van der Waals surface area contributed by atoms with Crippen LogP contribution in [0.15, 0.2) is 51.8 Å². The van der Waals surface area contributed by atoms with Crippen LogP contribution in [0.4, 0.5) is 5.95 Å². The van der Waals surface area contributed by atoms with Crippen molar-refractivity contribution in [3.8, 4) is 11.3 Å². The van der Waals surface area contributed by atoms with Crippen LogP contribution in [0.2, 0.25) is 10.0 Å². The quantitative estimate of drug-likeness (QED) is 0.529. The molecule has 0 saturated heterocycles. The molecule has 1 N–H and O–H groups in total. The van der Waals surface area contributed by atoms with Crippen LogP contribution in [-0.4, -0.2) is 19.7 Å². The highest BCUT2D eigenvalue weighted by molar-refractivity contribution is 6.42. The minimum atomic E-state index is -0.410. The number of hydrogen-bond acceptors (Lipinski definition) is 6. The highest BCUT2D eigenvalue weighted by Gasteiger charge is 2.12. The molecule has 0 aliphatic heterocycles. The summed E-state index contributed by atoms with van der Waals surface area (Å²) < 4.78 is 6.58. The molecule has 0 bridgehead atoms. The van der Waals surface area contributed by atoms with Crippen molar-refractivity contribution in [1.82, 2.24) is 19.7 Å². The Morgan fingerprint density at radius 3 is 2.64 bits per heavy atom. The van der Waals surface area contributed by atoms with Gasteiger partial charge in [-0.15, -0.1) is 10.2 Å². The molecule has 0 radical (unpaired) electrons. The van der Waals surface area contributed by atoms with Gasteiger partial charge in [-0.1, -0.05) is 29.3 Å². The molecule has 4 aromatic rings. The lowest BCUT2D eigenvalue weighted by molar-refractivity contribution is 0.528. The summed E-state index contributed by atoms with van der Waals surface area (Å²) in [7, 11) is 1.65. The highest BCUT2D eigenvalue weighted by Crippen LogP contribution is 2.27. The number of aryl methyl sites for hydroxylation is 1. The maximum absolute atomic E-state index is 11.6. The molecule has 142 valence electrons. The molecular weight excluding hydrogens is 401 g/mol. The lowest BCUT2D eigenvalue weighted by atomic mass is 10.1. The number of nitrogens with one attached hydrogen (secondary N) is 1. The van der Waals surface area contributed by atoms with E-state index in [1.807, 2.05) is 25.1 Å². The van der Waals surface area contributed by atoms with E-state index in [9.17, 15) is 4.79 Å². The summed E-state index contributed by atoms with van der Waals surface area (Å²) in [6.45, 7) is 1.96. The van der Waals surface area contributed by atoms with E-state index in [1.54, 1.807) is 31.4 Å². The van der Waals surface area contributed by atoms with E-state index in [0.29, 0.717) is 32.8 Å². The number of halogens is 2. The van der Waals surface area contributed by atoms with Gasteiger partial charge < -0.3 is 9.73 Å². The molecule has 0 fully saturated rings. The van der Waals surface area contributed by atoms with Crippen LogP contribution in [0.5, 0.6) is 0 Å². The van der Waals surface area contributed by atoms with E-state index >= 15 is 0 Å². The van der Waals surface area contributed by atoms with Crippen molar-refractivity contribution < 1.29 is 4.42 Å². The third-order valence-corrected chi connectivity index (χ3v) is 5.18. The lowest BCUT2D eigenvalue weighted by Crippen LogP contribution is -2.10. The minimum absolute atomic E-state index is 0.0841. The van der Waals surface area contributed by atoms with Crippen molar-refractivity contribution in [2.24, 2.45) is 7.05 Å². The number of hydrogen-bond donors (Lipinski definition) is 1. The Labute approximate surface area is 169 Å². The van der Waals surface area contributed by atoms with Crippen molar-refractivity contribution in [2.75, 3.05) is 5.32 Å². The second-order valence-electron chi connectivity index (χ2n) is 6.32. The topological polar surface area (TPSA) is 85.8 Å². The third kappa shape index (κ3) is 3.46. The fourth-order valence-corrected chi connectivity index (χ4v) is 3.12. The number of rotatable bonds is 4.